The van der Waals surface area contributed by atoms with Gasteiger partial charge in [-0.3, -0.25) is 19.4 Å². The molecule has 2 heterocycles. The van der Waals surface area contributed by atoms with E-state index in [1.54, 1.807) is 19.3 Å². The third-order valence-corrected chi connectivity index (χ3v) is 6.55. The minimum atomic E-state index is -0.604. The van der Waals surface area contributed by atoms with Crippen LogP contribution >= 0.6 is 0 Å². The van der Waals surface area contributed by atoms with E-state index in [0.717, 1.165) is 41.8 Å². The summed E-state index contributed by atoms with van der Waals surface area (Å²) in [6, 6.07) is 8.77. The highest BCUT2D eigenvalue weighted by Crippen LogP contribution is 2.34. The summed E-state index contributed by atoms with van der Waals surface area (Å²) < 4.78 is 1.51. The van der Waals surface area contributed by atoms with Crippen molar-refractivity contribution in [2.45, 2.75) is 46.1 Å². The molecule has 3 aromatic rings. The molecule has 3 atom stereocenters. The van der Waals surface area contributed by atoms with Crippen LogP contribution in [-0.2, 0) is 11.8 Å². The molecule has 1 fully saturated rings. The lowest BCUT2D eigenvalue weighted by atomic mass is 9.89. The molecule has 3 unspecified atom stereocenters. The number of carbonyl (C=O) groups excluding carboxylic acids is 2. The zero-order valence-electron chi connectivity index (χ0n) is 19.0. The number of amides is 2. The van der Waals surface area contributed by atoms with E-state index in [1.165, 1.54) is 4.68 Å². The first kappa shape index (κ1) is 21.8. The molecular weight excluding hydrogens is 404 g/mol. The van der Waals surface area contributed by atoms with Crippen molar-refractivity contribution in [1.82, 2.24) is 25.3 Å². The van der Waals surface area contributed by atoms with Crippen LogP contribution in [0.15, 0.2) is 36.5 Å². The van der Waals surface area contributed by atoms with E-state index in [1.807, 2.05) is 38.1 Å². The predicted octanol–water partition coefficient (Wildman–Crippen LogP) is 3.60. The van der Waals surface area contributed by atoms with Crippen LogP contribution in [0.5, 0.6) is 0 Å². The number of H-pyrrole nitrogens is 1. The fourth-order valence-electron chi connectivity index (χ4n) is 4.76. The zero-order valence-corrected chi connectivity index (χ0v) is 19.0. The van der Waals surface area contributed by atoms with E-state index in [4.69, 9.17) is 0 Å². The number of nitrogens with one attached hydrogen (secondary N) is 3. The number of aromatic nitrogens is 4. The monoisotopic (exact) mass is 434 g/mol. The molecule has 0 radical (unpaired) electrons. The van der Waals surface area contributed by atoms with Crippen molar-refractivity contribution in [3.63, 3.8) is 0 Å². The Morgan fingerprint density at radius 3 is 2.47 bits per heavy atom. The molecule has 0 saturated heterocycles. The van der Waals surface area contributed by atoms with Crippen LogP contribution in [0, 0.1) is 25.7 Å². The summed E-state index contributed by atoms with van der Waals surface area (Å²) in [6.07, 6.45) is 4.62. The Balaban J connectivity index is 1.52. The van der Waals surface area contributed by atoms with Gasteiger partial charge in [-0.15, -0.1) is 0 Å². The molecule has 1 aromatic carbocycles. The van der Waals surface area contributed by atoms with Gasteiger partial charge in [-0.25, -0.2) is 0 Å². The van der Waals surface area contributed by atoms with Crippen LogP contribution in [0.1, 0.15) is 48.1 Å². The fourth-order valence-corrected chi connectivity index (χ4v) is 4.76. The summed E-state index contributed by atoms with van der Waals surface area (Å²) in [7, 11) is 1.72. The van der Waals surface area contributed by atoms with Gasteiger partial charge in [0, 0.05) is 30.2 Å². The zero-order chi connectivity index (χ0) is 22.8. The third-order valence-electron chi connectivity index (χ3n) is 6.55. The maximum atomic E-state index is 13.3. The second-order valence-electron chi connectivity index (χ2n) is 8.74. The van der Waals surface area contributed by atoms with Crippen LogP contribution in [-0.4, -0.2) is 37.8 Å². The summed E-state index contributed by atoms with van der Waals surface area (Å²) in [5.74, 6) is -0.0112. The molecule has 4 rings (SSSR count). The van der Waals surface area contributed by atoms with Crippen molar-refractivity contribution in [3.05, 3.63) is 53.6 Å². The molecule has 0 spiro atoms. The molecule has 0 bridgehead atoms. The summed E-state index contributed by atoms with van der Waals surface area (Å²) in [4.78, 5) is 26.1. The van der Waals surface area contributed by atoms with Gasteiger partial charge < -0.3 is 10.6 Å². The van der Waals surface area contributed by atoms with Gasteiger partial charge in [-0.05, 0) is 55.9 Å². The van der Waals surface area contributed by atoms with Gasteiger partial charge >= 0.3 is 0 Å². The topological polar surface area (TPSA) is 105 Å². The number of hydrogen-bond donors (Lipinski definition) is 3. The van der Waals surface area contributed by atoms with Gasteiger partial charge in [0.1, 0.15) is 11.7 Å². The summed E-state index contributed by atoms with van der Waals surface area (Å²) in [5.41, 5.74) is 5.19. The van der Waals surface area contributed by atoms with E-state index in [-0.39, 0.29) is 17.7 Å². The highest BCUT2D eigenvalue weighted by Gasteiger charge is 2.36. The van der Waals surface area contributed by atoms with Crippen molar-refractivity contribution in [2.75, 3.05) is 5.32 Å². The molecule has 2 amide bonds. The lowest BCUT2D eigenvalue weighted by Gasteiger charge is -2.27. The lowest BCUT2D eigenvalue weighted by Crippen LogP contribution is -2.49. The second-order valence-corrected chi connectivity index (χ2v) is 8.74. The maximum absolute atomic E-state index is 13.3. The Bertz CT molecular complexity index is 1090. The van der Waals surface area contributed by atoms with Crippen molar-refractivity contribution < 1.29 is 9.59 Å². The molecular formula is C24H30N6O2. The van der Waals surface area contributed by atoms with E-state index in [0.29, 0.717) is 17.3 Å². The number of aryl methyl sites for hydroxylation is 3. The molecule has 8 nitrogen and oxygen atoms in total. The van der Waals surface area contributed by atoms with Gasteiger partial charge in [0.05, 0.1) is 5.69 Å². The average Bonchev–Trinajstić information content (AvgIpc) is 3.47. The highest BCUT2D eigenvalue weighted by atomic mass is 16.2. The van der Waals surface area contributed by atoms with Crippen molar-refractivity contribution in [3.8, 4) is 11.1 Å². The molecule has 1 aliphatic rings. The standard InChI is InChI=1S/C24H30N6O2/c1-14-6-5-7-19(14)22(27-23(31)20-12-13-25-30(20)4)24(32)26-18-10-8-17(9-11-18)21-15(2)28-29-16(21)3/h8-14,19,22H,5-7H2,1-4H3,(H,26,32)(H,27,31)(H,28,29). The van der Waals surface area contributed by atoms with Crippen LogP contribution in [0.2, 0.25) is 0 Å². The first-order valence-corrected chi connectivity index (χ1v) is 11.1. The van der Waals surface area contributed by atoms with E-state index >= 15 is 0 Å². The SMILES string of the molecule is Cc1n[nH]c(C)c1-c1ccc(NC(=O)C(NC(=O)c2ccnn2C)C2CCCC2C)cc1. The summed E-state index contributed by atoms with van der Waals surface area (Å²) in [6.45, 7) is 6.11. The Morgan fingerprint density at radius 1 is 1.16 bits per heavy atom. The number of anilines is 1. The lowest BCUT2D eigenvalue weighted by molar-refractivity contribution is -0.119. The Hall–Kier alpha value is -3.42. The van der Waals surface area contributed by atoms with Crippen LogP contribution in [0.3, 0.4) is 0 Å². The maximum Gasteiger partial charge on any atom is 0.270 e. The van der Waals surface area contributed by atoms with Gasteiger partial charge in [-0.1, -0.05) is 31.9 Å². The van der Waals surface area contributed by atoms with E-state index < -0.39 is 6.04 Å². The molecule has 32 heavy (non-hydrogen) atoms. The van der Waals surface area contributed by atoms with Crippen molar-refractivity contribution in [1.29, 1.82) is 0 Å². The molecule has 0 aliphatic heterocycles. The first-order valence-electron chi connectivity index (χ1n) is 11.1. The van der Waals surface area contributed by atoms with E-state index in [9.17, 15) is 9.59 Å². The van der Waals surface area contributed by atoms with Crippen LogP contribution in [0.25, 0.3) is 11.1 Å². The Kier molecular flexibility index (Phi) is 6.12. The minimum Gasteiger partial charge on any atom is -0.339 e. The minimum absolute atomic E-state index is 0.0997. The number of carbonyl (C=O) groups is 2. The molecule has 3 N–H and O–H groups in total. The number of nitrogens with zero attached hydrogens (tertiary/aromatic N) is 3. The van der Waals surface area contributed by atoms with Crippen LogP contribution < -0.4 is 10.6 Å². The normalized spacial score (nSPS) is 19.0. The van der Waals surface area contributed by atoms with Gasteiger partial charge in [0.25, 0.3) is 5.91 Å². The summed E-state index contributed by atoms with van der Waals surface area (Å²) >= 11 is 0. The fraction of sp³-hybridized carbons (Fsp3) is 0.417. The summed E-state index contributed by atoms with van der Waals surface area (Å²) in [5, 5.41) is 17.3. The first-order chi connectivity index (χ1) is 15.3. The smallest absolute Gasteiger partial charge is 0.270 e. The van der Waals surface area contributed by atoms with Crippen LogP contribution in [0.4, 0.5) is 5.69 Å². The molecule has 1 saturated carbocycles. The predicted molar refractivity (Wildman–Crippen MR) is 123 cm³/mol. The molecule has 8 heteroatoms. The molecule has 168 valence electrons. The van der Waals surface area contributed by atoms with E-state index in [2.05, 4.69) is 32.9 Å². The molecule has 1 aliphatic carbocycles. The van der Waals surface area contributed by atoms with Crippen molar-refractivity contribution >= 4 is 17.5 Å². The quantitative estimate of drug-likeness (QED) is 0.551. The highest BCUT2D eigenvalue weighted by molar-refractivity contribution is 6.00. The largest absolute Gasteiger partial charge is 0.339 e. The Labute approximate surface area is 187 Å². The number of rotatable bonds is 6. The van der Waals surface area contributed by atoms with Gasteiger partial charge in [0.15, 0.2) is 0 Å². The number of benzene rings is 1. The van der Waals surface area contributed by atoms with Gasteiger partial charge in [0.2, 0.25) is 5.91 Å². The molecule has 2 aromatic heterocycles. The third kappa shape index (κ3) is 4.30. The number of aromatic amines is 1. The Morgan fingerprint density at radius 2 is 1.91 bits per heavy atom. The van der Waals surface area contributed by atoms with Crippen molar-refractivity contribution in [2.24, 2.45) is 18.9 Å². The number of hydrogen-bond acceptors (Lipinski definition) is 4. The average molecular weight is 435 g/mol. The van der Waals surface area contributed by atoms with Gasteiger partial charge in [-0.2, -0.15) is 10.2 Å². The second kappa shape index (κ2) is 8.98.